The van der Waals surface area contributed by atoms with E-state index in [9.17, 15) is 14.7 Å². The summed E-state index contributed by atoms with van der Waals surface area (Å²) in [5.41, 5.74) is 1.72. The molecule has 4 aromatic rings. The molecule has 0 aliphatic carbocycles. The van der Waals surface area contributed by atoms with Gasteiger partial charge in [-0.2, -0.15) is 0 Å². The minimum atomic E-state index is -0.891. The van der Waals surface area contributed by atoms with E-state index in [1.165, 1.54) is 12.0 Å². The van der Waals surface area contributed by atoms with Crippen molar-refractivity contribution in [1.29, 1.82) is 0 Å². The van der Waals surface area contributed by atoms with E-state index in [0.29, 0.717) is 38.8 Å². The fourth-order valence-electron chi connectivity index (χ4n) is 4.70. The highest BCUT2D eigenvalue weighted by molar-refractivity contribution is 6.31. The van der Waals surface area contributed by atoms with Crippen LogP contribution in [0.5, 0.6) is 17.2 Å². The molecule has 0 bridgehead atoms. The van der Waals surface area contributed by atoms with Crippen molar-refractivity contribution < 1.29 is 33.3 Å². The van der Waals surface area contributed by atoms with Crippen LogP contribution in [0.25, 0.3) is 11.0 Å². The summed E-state index contributed by atoms with van der Waals surface area (Å²) >= 11 is 6.08. The molecule has 1 unspecified atom stereocenters. The van der Waals surface area contributed by atoms with Crippen LogP contribution in [-0.4, -0.2) is 35.6 Å². The zero-order chi connectivity index (χ0) is 25.7. The second kappa shape index (κ2) is 8.90. The molecule has 1 atom stereocenters. The van der Waals surface area contributed by atoms with Gasteiger partial charge in [0.2, 0.25) is 12.6 Å². The molecule has 6 rings (SSSR count). The van der Waals surface area contributed by atoms with Crippen molar-refractivity contribution in [2.24, 2.45) is 0 Å². The van der Waals surface area contributed by atoms with E-state index in [-0.39, 0.29) is 24.7 Å². The summed E-state index contributed by atoms with van der Waals surface area (Å²) in [6.07, 6.45) is 0. The number of benzene rings is 3. The van der Waals surface area contributed by atoms with Crippen LogP contribution in [0, 0.1) is 0 Å². The molecule has 2 aliphatic rings. The second-order valence-electron chi connectivity index (χ2n) is 8.68. The van der Waals surface area contributed by atoms with Crippen molar-refractivity contribution in [2.45, 2.75) is 12.6 Å². The van der Waals surface area contributed by atoms with E-state index < -0.39 is 23.5 Å². The molecule has 0 fully saturated rings. The summed E-state index contributed by atoms with van der Waals surface area (Å²) < 4.78 is 22.0. The summed E-state index contributed by atoms with van der Waals surface area (Å²) in [6.45, 7) is 0.228. The second-order valence-corrected chi connectivity index (χ2v) is 9.12. The fraction of sp³-hybridized carbons (Fsp3) is 0.143. The van der Waals surface area contributed by atoms with Gasteiger partial charge in [-0.05, 0) is 59.7 Å². The van der Waals surface area contributed by atoms with Crippen LogP contribution in [-0.2, 0) is 11.3 Å². The Morgan fingerprint density at radius 1 is 1.08 bits per heavy atom. The number of halogens is 1. The number of furan rings is 1. The largest absolute Gasteiger partial charge is 0.503 e. The number of Topliss-reactive ketones (excluding diaryl/α,β-unsaturated/α-hetero) is 1. The Balaban J connectivity index is 1.43. The maximum absolute atomic E-state index is 13.8. The van der Waals surface area contributed by atoms with Gasteiger partial charge in [-0.25, -0.2) is 0 Å². The van der Waals surface area contributed by atoms with E-state index in [1.807, 2.05) is 6.07 Å². The Hall–Kier alpha value is -4.43. The molecule has 0 saturated carbocycles. The normalized spacial score (nSPS) is 16.6. The van der Waals surface area contributed by atoms with Crippen LogP contribution in [0.2, 0.25) is 5.02 Å². The number of ketones is 1. The summed E-state index contributed by atoms with van der Waals surface area (Å²) in [7, 11) is 1.53. The Bertz CT molecular complexity index is 1610. The van der Waals surface area contributed by atoms with Crippen LogP contribution < -0.4 is 14.2 Å². The molecule has 186 valence electrons. The molecule has 37 heavy (non-hydrogen) atoms. The first-order valence-corrected chi connectivity index (χ1v) is 11.8. The highest BCUT2D eigenvalue weighted by Gasteiger charge is 2.44. The zero-order valence-corrected chi connectivity index (χ0v) is 20.3. The molecule has 0 spiro atoms. The molecule has 3 heterocycles. The average Bonchev–Trinajstić information content (AvgIpc) is 3.61. The molecular weight excluding hydrogens is 498 g/mol. The number of methoxy groups -OCH3 is 1. The van der Waals surface area contributed by atoms with Crippen LogP contribution in [0.15, 0.2) is 82.5 Å². The molecule has 1 aromatic heterocycles. The van der Waals surface area contributed by atoms with Gasteiger partial charge < -0.3 is 28.6 Å². The van der Waals surface area contributed by atoms with Gasteiger partial charge in [0.15, 0.2) is 23.0 Å². The Kier molecular flexibility index (Phi) is 5.53. The van der Waals surface area contributed by atoms with Crippen LogP contribution in [0.4, 0.5) is 0 Å². The summed E-state index contributed by atoms with van der Waals surface area (Å²) in [5, 5.41) is 12.1. The molecular formula is C28H20ClNO7. The predicted molar refractivity (Wildman–Crippen MR) is 134 cm³/mol. The number of ether oxygens (including phenoxy) is 3. The highest BCUT2D eigenvalue weighted by Crippen LogP contribution is 2.42. The first kappa shape index (κ1) is 23.0. The smallest absolute Gasteiger partial charge is 0.290 e. The molecule has 8 nitrogen and oxygen atoms in total. The van der Waals surface area contributed by atoms with Crippen molar-refractivity contribution in [1.82, 2.24) is 4.90 Å². The molecule has 3 aromatic carbocycles. The highest BCUT2D eigenvalue weighted by atomic mass is 35.5. The third-order valence-electron chi connectivity index (χ3n) is 6.45. The molecule has 0 radical (unpaired) electrons. The van der Waals surface area contributed by atoms with Gasteiger partial charge in [0, 0.05) is 17.0 Å². The number of nitrogens with zero attached hydrogens (tertiary/aromatic N) is 1. The maximum atomic E-state index is 13.8. The number of aliphatic hydroxyl groups excluding tert-OH is 1. The first-order chi connectivity index (χ1) is 17.9. The standard InChI is InChI=1S/C28H20ClNO7/c1-34-19-4-2-3-16(11-19)25-24(26(31)23-12-17-10-18(29)6-8-20(17)37-23)27(32)28(33)30(25)13-15-5-7-21-22(9-15)36-14-35-21/h2-12,25,32H,13-14H2,1H3. The molecule has 2 aliphatic heterocycles. The van der Waals surface area contributed by atoms with Crippen LogP contribution in [0.3, 0.4) is 0 Å². The molecule has 1 N–H and O–H groups in total. The molecule has 0 saturated heterocycles. The maximum Gasteiger partial charge on any atom is 0.290 e. The molecule has 1 amide bonds. The van der Waals surface area contributed by atoms with E-state index >= 15 is 0 Å². The average molecular weight is 518 g/mol. The lowest BCUT2D eigenvalue weighted by atomic mass is 9.94. The number of hydrogen-bond donors (Lipinski definition) is 1. The van der Waals surface area contributed by atoms with Gasteiger partial charge in [-0.1, -0.05) is 29.8 Å². The van der Waals surface area contributed by atoms with Crippen molar-refractivity contribution in [3.63, 3.8) is 0 Å². The Morgan fingerprint density at radius 3 is 2.76 bits per heavy atom. The van der Waals surface area contributed by atoms with E-state index in [2.05, 4.69) is 0 Å². The van der Waals surface area contributed by atoms with Gasteiger partial charge >= 0.3 is 0 Å². The van der Waals surface area contributed by atoms with Crippen LogP contribution >= 0.6 is 11.6 Å². The lowest BCUT2D eigenvalue weighted by Gasteiger charge is -2.27. The van der Waals surface area contributed by atoms with Crippen molar-refractivity contribution in [3.8, 4) is 17.2 Å². The summed E-state index contributed by atoms with van der Waals surface area (Å²) in [4.78, 5) is 28.6. The van der Waals surface area contributed by atoms with Gasteiger partial charge in [0.1, 0.15) is 11.3 Å². The van der Waals surface area contributed by atoms with Crippen molar-refractivity contribution in [3.05, 3.63) is 100.0 Å². The van der Waals surface area contributed by atoms with E-state index in [1.54, 1.807) is 60.7 Å². The van der Waals surface area contributed by atoms with Crippen LogP contribution in [0.1, 0.15) is 27.7 Å². The number of fused-ring (bicyclic) bond motifs is 2. The number of amides is 1. The van der Waals surface area contributed by atoms with Crippen molar-refractivity contribution in [2.75, 3.05) is 13.9 Å². The quantitative estimate of drug-likeness (QED) is 0.332. The summed E-state index contributed by atoms with van der Waals surface area (Å²) in [6, 6.07) is 18.0. The number of carbonyl (C=O) groups excluding carboxylic acids is 2. The lowest BCUT2D eigenvalue weighted by molar-refractivity contribution is -0.130. The SMILES string of the molecule is COc1cccc(C2C(C(=O)c3cc4cc(Cl)ccc4o3)=C(O)C(=O)N2Cc2ccc3c(c2)OCO3)c1. The first-order valence-electron chi connectivity index (χ1n) is 11.4. The summed E-state index contributed by atoms with van der Waals surface area (Å²) in [5.74, 6) is -0.183. The minimum Gasteiger partial charge on any atom is -0.503 e. The zero-order valence-electron chi connectivity index (χ0n) is 19.6. The lowest BCUT2D eigenvalue weighted by Crippen LogP contribution is -2.30. The third kappa shape index (κ3) is 3.95. The number of rotatable bonds is 6. The van der Waals surface area contributed by atoms with E-state index in [4.69, 9.17) is 30.2 Å². The third-order valence-corrected chi connectivity index (χ3v) is 6.68. The fourth-order valence-corrected chi connectivity index (χ4v) is 4.88. The topological polar surface area (TPSA) is 98.4 Å². The van der Waals surface area contributed by atoms with Gasteiger partial charge in [-0.15, -0.1) is 0 Å². The van der Waals surface area contributed by atoms with Gasteiger partial charge in [0.05, 0.1) is 18.7 Å². The Morgan fingerprint density at radius 2 is 1.92 bits per heavy atom. The van der Waals surface area contributed by atoms with Gasteiger partial charge in [-0.3, -0.25) is 9.59 Å². The van der Waals surface area contributed by atoms with Gasteiger partial charge in [0.25, 0.3) is 5.91 Å². The Labute approximate surface area is 216 Å². The molecule has 9 heteroatoms. The predicted octanol–water partition coefficient (Wildman–Crippen LogP) is 5.60. The number of hydrogen-bond acceptors (Lipinski definition) is 7. The van der Waals surface area contributed by atoms with Crippen molar-refractivity contribution >= 4 is 34.3 Å². The monoisotopic (exact) mass is 517 g/mol. The number of aliphatic hydroxyl groups is 1. The van der Waals surface area contributed by atoms with E-state index in [0.717, 1.165) is 5.56 Å². The minimum absolute atomic E-state index is 0.00978. The number of carbonyl (C=O) groups is 2.